The number of carbonyl (C=O) groups is 3. The molecule has 0 fully saturated rings. The quantitative estimate of drug-likeness (QED) is 0.498. The molecular weight excluding hydrogens is 271 g/mol. The molecule has 0 saturated heterocycles. The minimum atomic E-state index is -1.24. The van der Waals surface area contributed by atoms with Crippen molar-refractivity contribution in [3.8, 4) is 0 Å². The predicted octanol–water partition coefficient (Wildman–Crippen LogP) is 0.745. The van der Waals surface area contributed by atoms with Crippen LogP contribution in [0, 0.1) is 0 Å². The van der Waals surface area contributed by atoms with Crippen LogP contribution in [0.1, 0.15) is 26.2 Å². The molecule has 0 aliphatic rings. The largest absolute Gasteiger partial charge is 0.481 e. The van der Waals surface area contributed by atoms with Gasteiger partial charge in [-0.3, -0.25) is 4.79 Å². The Bertz CT molecular complexity index is 324. The number of carbonyl (C=O) groups excluding carboxylic acids is 1. The summed E-state index contributed by atoms with van der Waals surface area (Å²) in [6, 6.07) is -1.85. The molecule has 0 saturated carbocycles. The minimum Gasteiger partial charge on any atom is -0.481 e. The molecule has 0 aromatic rings. The zero-order chi connectivity index (χ0) is 14.8. The van der Waals surface area contributed by atoms with E-state index in [-0.39, 0.29) is 18.9 Å². The zero-order valence-electron chi connectivity index (χ0n) is 11.0. The average molecular weight is 291 g/mol. The zero-order valence-corrected chi connectivity index (χ0v) is 11.8. The molecule has 0 radical (unpaired) electrons. The van der Waals surface area contributed by atoms with Crippen molar-refractivity contribution in [2.24, 2.45) is 0 Å². The van der Waals surface area contributed by atoms with Gasteiger partial charge in [0, 0.05) is 12.5 Å². The molecule has 0 unspecified atom stereocenters. The van der Waals surface area contributed by atoms with Gasteiger partial charge in [0.25, 0.3) is 0 Å². The highest BCUT2D eigenvalue weighted by atomic mass is 32.2. The van der Waals surface area contributed by atoms with Crippen LogP contribution in [0.5, 0.6) is 0 Å². The van der Waals surface area contributed by atoms with E-state index >= 15 is 0 Å². The summed E-state index contributed by atoms with van der Waals surface area (Å²) in [4.78, 5) is 32.8. The number of aliphatic carboxylic acids is 2. The van der Waals surface area contributed by atoms with E-state index in [9.17, 15) is 14.4 Å². The molecule has 4 N–H and O–H groups in total. The Morgan fingerprint density at radius 1 is 1.16 bits per heavy atom. The van der Waals surface area contributed by atoms with Gasteiger partial charge in [-0.1, -0.05) is 0 Å². The fourth-order valence-electron chi connectivity index (χ4n) is 1.32. The van der Waals surface area contributed by atoms with Gasteiger partial charge in [-0.15, -0.1) is 0 Å². The maximum absolute atomic E-state index is 11.5. The molecule has 110 valence electrons. The van der Waals surface area contributed by atoms with Crippen molar-refractivity contribution in [1.29, 1.82) is 0 Å². The molecule has 19 heavy (non-hydrogen) atoms. The Labute approximate surface area is 116 Å². The molecule has 8 heteroatoms. The Morgan fingerprint density at radius 3 is 2.26 bits per heavy atom. The standard InChI is InChI=1S/C11H20N2O5S/c1-7(5-6-19-2)12-11(18)13-8(10(16)17)3-4-9(14)15/h7-8H,3-6H2,1-2H3,(H,14,15)(H,16,17)(H2,12,13,18)/t7-,8+/m1/s1/i2-1. The molecule has 0 aromatic carbocycles. The van der Waals surface area contributed by atoms with E-state index in [0.29, 0.717) is 0 Å². The summed E-state index contributed by atoms with van der Waals surface area (Å²) in [6.07, 6.45) is 2.29. The molecule has 0 aliphatic heterocycles. The second kappa shape index (κ2) is 9.48. The minimum absolute atomic E-state index is 0.0682. The summed E-state index contributed by atoms with van der Waals surface area (Å²) < 4.78 is 0. The summed E-state index contributed by atoms with van der Waals surface area (Å²) in [5, 5.41) is 22.2. The number of amides is 2. The van der Waals surface area contributed by atoms with E-state index in [1.807, 2.05) is 13.2 Å². The highest BCUT2D eigenvalue weighted by molar-refractivity contribution is 7.98. The Morgan fingerprint density at radius 2 is 1.79 bits per heavy atom. The van der Waals surface area contributed by atoms with Gasteiger partial charge in [-0.2, -0.15) is 11.8 Å². The van der Waals surface area contributed by atoms with E-state index < -0.39 is 24.0 Å². The van der Waals surface area contributed by atoms with Crippen molar-refractivity contribution in [3.63, 3.8) is 0 Å². The number of hydrogen-bond donors (Lipinski definition) is 4. The fourth-order valence-corrected chi connectivity index (χ4v) is 1.90. The SMILES string of the molecule is C[C@H](CCS[11CH3])NC(=O)N[C@@H](CCC(=O)O)C(=O)O. The van der Waals surface area contributed by atoms with Crippen molar-refractivity contribution >= 4 is 29.7 Å². The molecule has 0 aliphatic carbocycles. The number of carboxylic acids is 2. The third-order valence-corrected chi connectivity index (χ3v) is 3.03. The summed E-state index contributed by atoms with van der Waals surface area (Å²) >= 11 is 1.66. The summed E-state index contributed by atoms with van der Waals surface area (Å²) in [6.45, 7) is 1.82. The predicted molar refractivity (Wildman–Crippen MR) is 72.4 cm³/mol. The molecule has 7 nitrogen and oxygen atoms in total. The van der Waals surface area contributed by atoms with E-state index in [2.05, 4.69) is 10.6 Å². The number of rotatable bonds is 9. The highest BCUT2D eigenvalue weighted by Gasteiger charge is 2.21. The molecule has 0 aromatic heterocycles. The third kappa shape index (κ3) is 9.18. The van der Waals surface area contributed by atoms with Crippen LogP contribution >= 0.6 is 11.8 Å². The monoisotopic (exact) mass is 291 g/mol. The van der Waals surface area contributed by atoms with E-state index in [1.165, 1.54) is 0 Å². The van der Waals surface area contributed by atoms with E-state index in [4.69, 9.17) is 10.2 Å². The highest BCUT2D eigenvalue weighted by Crippen LogP contribution is 2.01. The summed E-state index contributed by atoms with van der Waals surface area (Å²) in [5.74, 6) is -1.45. The Balaban J connectivity index is 4.16. The number of hydrogen-bond acceptors (Lipinski definition) is 4. The molecule has 0 heterocycles. The topological polar surface area (TPSA) is 116 Å². The van der Waals surface area contributed by atoms with E-state index in [0.717, 1.165) is 12.2 Å². The smallest absolute Gasteiger partial charge is 0.326 e. The number of urea groups is 1. The maximum Gasteiger partial charge on any atom is 0.326 e. The molecular formula is C11H20N2O5S. The van der Waals surface area contributed by atoms with Crippen LogP contribution < -0.4 is 10.6 Å². The lowest BCUT2D eigenvalue weighted by Crippen LogP contribution is -2.48. The lowest BCUT2D eigenvalue weighted by molar-refractivity contribution is -0.140. The van der Waals surface area contributed by atoms with Crippen molar-refractivity contribution in [3.05, 3.63) is 0 Å². The van der Waals surface area contributed by atoms with Gasteiger partial charge in [0.1, 0.15) is 6.04 Å². The van der Waals surface area contributed by atoms with Crippen LogP contribution in [-0.2, 0) is 9.59 Å². The van der Waals surface area contributed by atoms with Crippen LogP contribution in [0.4, 0.5) is 4.79 Å². The van der Waals surface area contributed by atoms with Crippen LogP contribution in [0.25, 0.3) is 0 Å². The molecule has 0 bridgehead atoms. The maximum atomic E-state index is 11.5. The first kappa shape index (κ1) is 17.6. The fraction of sp³-hybridized carbons (Fsp3) is 0.727. The van der Waals surface area contributed by atoms with Gasteiger partial charge in [0.05, 0.1) is 0 Å². The van der Waals surface area contributed by atoms with Gasteiger partial charge >= 0.3 is 18.0 Å². The number of carboxylic acid groups (broad SMARTS) is 2. The third-order valence-electron chi connectivity index (χ3n) is 2.38. The van der Waals surface area contributed by atoms with Gasteiger partial charge in [-0.05, 0) is 31.8 Å². The first-order valence-electron chi connectivity index (χ1n) is 5.87. The second-order valence-electron chi connectivity index (χ2n) is 4.12. The number of nitrogens with one attached hydrogen (secondary N) is 2. The van der Waals surface area contributed by atoms with Gasteiger partial charge in [0.2, 0.25) is 0 Å². The van der Waals surface area contributed by atoms with Gasteiger partial charge in [0.15, 0.2) is 0 Å². The average Bonchev–Trinajstić information content (AvgIpc) is 2.31. The lowest BCUT2D eigenvalue weighted by Gasteiger charge is -2.17. The normalized spacial score (nSPS) is 13.4. The molecule has 2 amide bonds. The van der Waals surface area contributed by atoms with E-state index in [1.54, 1.807) is 11.8 Å². The first-order valence-corrected chi connectivity index (χ1v) is 7.26. The molecule has 2 atom stereocenters. The van der Waals surface area contributed by atoms with Crippen LogP contribution in [0.3, 0.4) is 0 Å². The van der Waals surface area contributed by atoms with Crippen LogP contribution in [0.15, 0.2) is 0 Å². The second-order valence-corrected chi connectivity index (χ2v) is 5.11. The number of thioether (sulfide) groups is 1. The summed E-state index contributed by atoms with van der Waals surface area (Å²) in [7, 11) is 0. The summed E-state index contributed by atoms with van der Waals surface area (Å²) in [5.41, 5.74) is 0. The molecule has 0 spiro atoms. The van der Waals surface area contributed by atoms with Crippen molar-refractivity contribution in [2.45, 2.75) is 38.3 Å². The van der Waals surface area contributed by atoms with Crippen molar-refractivity contribution in [2.75, 3.05) is 12.0 Å². The van der Waals surface area contributed by atoms with Gasteiger partial charge < -0.3 is 20.8 Å². The van der Waals surface area contributed by atoms with Crippen LogP contribution in [0.2, 0.25) is 0 Å². The van der Waals surface area contributed by atoms with Crippen molar-refractivity contribution < 1.29 is 24.6 Å². The Hall–Kier alpha value is -1.44. The van der Waals surface area contributed by atoms with Crippen molar-refractivity contribution in [1.82, 2.24) is 10.6 Å². The lowest BCUT2D eigenvalue weighted by atomic mass is 10.1. The molecule has 0 rings (SSSR count). The Kier molecular flexibility index (Phi) is 8.77. The van der Waals surface area contributed by atoms with Crippen LogP contribution in [-0.4, -0.2) is 52.3 Å². The van der Waals surface area contributed by atoms with Gasteiger partial charge in [-0.25, -0.2) is 9.59 Å². The first-order chi connectivity index (χ1) is 8.86.